The summed E-state index contributed by atoms with van der Waals surface area (Å²) in [5.74, 6) is -0.835. The number of benzene rings is 1. The molecule has 1 aromatic heterocycles. The third kappa shape index (κ3) is 3.28. The zero-order valence-electron chi connectivity index (χ0n) is 8.89. The molecule has 0 bridgehead atoms. The van der Waals surface area contributed by atoms with Crippen molar-refractivity contribution in [1.29, 1.82) is 0 Å². The highest BCUT2D eigenvalue weighted by molar-refractivity contribution is 7.11. The van der Waals surface area contributed by atoms with Gasteiger partial charge in [-0.15, -0.1) is 11.3 Å². The van der Waals surface area contributed by atoms with E-state index >= 15 is 0 Å². The first-order valence-corrected chi connectivity index (χ1v) is 6.23. The third-order valence-electron chi connectivity index (χ3n) is 2.23. The molecule has 5 heteroatoms. The highest BCUT2D eigenvalue weighted by Gasteiger charge is 2.08. The van der Waals surface area contributed by atoms with Crippen molar-refractivity contribution >= 4 is 28.9 Å². The van der Waals surface area contributed by atoms with Crippen LogP contribution in [0.3, 0.4) is 0 Å². The Balaban J connectivity index is 2.12. The SMILES string of the molecule is O=C(O)Cc1cnc(Cc2ccccc2Cl)s1. The highest BCUT2D eigenvalue weighted by Crippen LogP contribution is 2.22. The molecule has 1 N–H and O–H groups in total. The minimum atomic E-state index is -0.835. The Morgan fingerprint density at radius 2 is 2.18 bits per heavy atom. The van der Waals surface area contributed by atoms with Crippen molar-refractivity contribution in [3.8, 4) is 0 Å². The number of rotatable bonds is 4. The molecule has 3 nitrogen and oxygen atoms in total. The molecule has 0 amide bonds. The van der Waals surface area contributed by atoms with Crippen molar-refractivity contribution in [3.05, 3.63) is 50.9 Å². The summed E-state index contributed by atoms with van der Waals surface area (Å²) in [6.07, 6.45) is 2.29. The number of nitrogens with zero attached hydrogens (tertiary/aromatic N) is 1. The van der Waals surface area contributed by atoms with Gasteiger partial charge in [-0.05, 0) is 11.6 Å². The van der Waals surface area contributed by atoms with Crippen LogP contribution < -0.4 is 0 Å². The van der Waals surface area contributed by atoms with Crippen molar-refractivity contribution < 1.29 is 9.90 Å². The fourth-order valence-corrected chi connectivity index (χ4v) is 2.60. The van der Waals surface area contributed by atoms with Crippen LogP contribution in [0.1, 0.15) is 15.4 Å². The van der Waals surface area contributed by atoms with E-state index in [1.807, 2.05) is 24.3 Å². The van der Waals surface area contributed by atoms with E-state index in [2.05, 4.69) is 4.98 Å². The predicted molar refractivity (Wildman–Crippen MR) is 67.7 cm³/mol. The van der Waals surface area contributed by atoms with Gasteiger partial charge in [0.05, 0.1) is 11.4 Å². The number of carboxylic acids is 1. The van der Waals surface area contributed by atoms with E-state index in [9.17, 15) is 4.79 Å². The molecule has 17 heavy (non-hydrogen) atoms. The van der Waals surface area contributed by atoms with E-state index in [1.54, 1.807) is 6.20 Å². The molecule has 0 spiro atoms. The average Bonchev–Trinajstić information content (AvgIpc) is 2.68. The lowest BCUT2D eigenvalue weighted by Gasteiger charge is -2.00. The molecule has 0 aliphatic carbocycles. The van der Waals surface area contributed by atoms with Crippen molar-refractivity contribution in [2.24, 2.45) is 0 Å². The summed E-state index contributed by atoms with van der Waals surface area (Å²) in [7, 11) is 0. The molecule has 0 saturated heterocycles. The van der Waals surface area contributed by atoms with Crippen molar-refractivity contribution in [2.75, 3.05) is 0 Å². The molecular formula is C12H10ClNO2S. The lowest BCUT2D eigenvalue weighted by molar-refractivity contribution is -0.136. The smallest absolute Gasteiger partial charge is 0.308 e. The van der Waals surface area contributed by atoms with Gasteiger partial charge in [0.15, 0.2) is 0 Å². The van der Waals surface area contributed by atoms with Gasteiger partial charge in [-0.1, -0.05) is 29.8 Å². The van der Waals surface area contributed by atoms with Gasteiger partial charge in [0.1, 0.15) is 0 Å². The second kappa shape index (κ2) is 5.29. The predicted octanol–water partition coefficient (Wildman–Crippen LogP) is 3.01. The monoisotopic (exact) mass is 267 g/mol. The van der Waals surface area contributed by atoms with Crippen LogP contribution in [-0.2, 0) is 17.6 Å². The summed E-state index contributed by atoms with van der Waals surface area (Å²) in [5, 5.41) is 10.3. The Kier molecular flexibility index (Phi) is 3.76. The zero-order valence-corrected chi connectivity index (χ0v) is 10.5. The molecule has 0 fully saturated rings. The molecule has 0 radical (unpaired) electrons. The Hall–Kier alpha value is -1.39. The molecule has 88 valence electrons. The van der Waals surface area contributed by atoms with Gasteiger partial charge >= 0.3 is 5.97 Å². The first-order chi connectivity index (χ1) is 8.15. The third-order valence-corrected chi connectivity index (χ3v) is 3.59. The number of carbonyl (C=O) groups is 1. The fourth-order valence-electron chi connectivity index (χ4n) is 1.47. The lowest BCUT2D eigenvalue weighted by atomic mass is 10.2. The summed E-state index contributed by atoms with van der Waals surface area (Å²) in [6, 6.07) is 7.58. The van der Waals surface area contributed by atoms with E-state index in [0.717, 1.165) is 15.4 Å². The van der Waals surface area contributed by atoms with Crippen LogP contribution in [0.15, 0.2) is 30.5 Å². The van der Waals surface area contributed by atoms with Gasteiger partial charge in [-0.2, -0.15) is 0 Å². The number of aliphatic carboxylic acids is 1. The molecule has 2 rings (SSSR count). The Morgan fingerprint density at radius 1 is 1.41 bits per heavy atom. The van der Waals surface area contributed by atoms with E-state index < -0.39 is 5.97 Å². The molecular weight excluding hydrogens is 258 g/mol. The van der Waals surface area contributed by atoms with Gasteiger partial charge < -0.3 is 5.11 Å². The van der Waals surface area contributed by atoms with E-state index in [1.165, 1.54) is 11.3 Å². The maximum absolute atomic E-state index is 10.5. The van der Waals surface area contributed by atoms with Crippen LogP contribution in [0.2, 0.25) is 5.02 Å². The van der Waals surface area contributed by atoms with Crippen molar-refractivity contribution in [3.63, 3.8) is 0 Å². The Morgan fingerprint density at radius 3 is 2.88 bits per heavy atom. The van der Waals surface area contributed by atoms with Gasteiger partial charge in [-0.3, -0.25) is 4.79 Å². The van der Waals surface area contributed by atoms with Crippen LogP contribution >= 0.6 is 22.9 Å². The minimum absolute atomic E-state index is 0.0280. The zero-order chi connectivity index (χ0) is 12.3. The van der Waals surface area contributed by atoms with Crippen LogP contribution in [-0.4, -0.2) is 16.1 Å². The number of halogens is 1. The number of hydrogen-bond acceptors (Lipinski definition) is 3. The maximum atomic E-state index is 10.5. The first-order valence-electron chi connectivity index (χ1n) is 5.04. The molecule has 0 aliphatic rings. The summed E-state index contributed by atoms with van der Waals surface area (Å²) in [5.41, 5.74) is 1.00. The number of hydrogen-bond donors (Lipinski definition) is 1. The van der Waals surface area contributed by atoms with Gasteiger partial charge in [0.25, 0.3) is 0 Å². The quantitative estimate of drug-likeness (QED) is 0.926. The van der Waals surface area contributed by atoms with Crippen molar-refractivity contribution in [2.45, 2.75) is 12.8 Å². The van der Waals surface area contributed by atoms with Gasteiger partial charge in [0.2, 0.25) is 0 Å². The lowest BCUT2D eigenvalue weighted by Crippen LogP contribution is -1.97. The molecule has 0 unspecified atom stereocenters. The fraction of sp³-hybridized carbons (Fsp3) is 0.167. The number of aromatic nitrogens is 1. The van der Waals surface area contributed by atoms with Gasteiger partial charge in [0, 0.05) is 22.5 Å². The molecule has 2 aromatic rings. The Labute approximate surface area is 108 Å². The van der Waals surface area contributed by atoms with Crippen LogP contribution in [0.5, 0.6) is 0 Å². The number of thiazole rings is 1. The van der Waals surface area contributed by atoms with Crippen LogP contribution in [0.4, 0.5) is 0 Å². The molecule has 1 aromatic carbocycles. The standard InChI is InChI=1S/C12H10ClNO2S/c13-10-4-2-1-3-8(10)5-11-14-7-9(17-11)6-12(15)16/h1-4,7H,5-6H2,(H,15,16). The van der Waals surface area contributed by atoms with Crippen molar-refractivity contribution in [1.82, 2.24) is 4.98 Å². The molecule has 1 heterocycles. The molecule has 0 atom stereocenters. The number of carboxylic acid groups (broad SMARTS) is 1. The normalized spacial score (nSPS) is 10.4. The summed E-state index contributed by atoms with van der Waals surface area (Å²) >= 11 is 7.46. The summed E-state index contributed by atoms with van der Waals surface area (Å²) < 4.78 is 0. The van der Waals surface area contributed by atoms with Gasteiger partial charge in [-0.25, -0.2) is 4.98 Å². The van der Waals surface area contributed by atoms with E-state index in [4.69, 9.17) is 16.7 Å². The summed E-state index contributed by atoms with van der Waals surface area (Å²) in [6.45, 7) is 0. The summed E-state index contributed by atoms with van der Waals surface area (Å²) in [4.78, 5) is 15.5. The minimum Gasteiger partial charge on any atom is -0.481 e. The Bertz CT molecular complexity index is 539. The van der Waals surface area contributed by atoms with E-state index in [-0.39, 0.29) is 6.42 Å². The highest BCUT2D eigenvalue weighted by atomic mass is 35.5. The largest absolute Gasteiger partial charge is 0.481 e. The molecule has 0 aliphatic heterocycles. The van der Waals surface area contributed by atoms with Crippen LogP contribution in [0, 0.1) is 0 Å². The first kappa shape index (κ1) is 12.1. The second-order valence-corrected chi connectivity index (χ2v) is 5.17. The maximum Gasteiger partial charge on any atom is 0.308 e. The average molecular weight is 268 g/mol. The topological polar surface area (TPSA) is 50.2 Å². The second-order valence-electron chi connectivity index (χ2n) is 3.56. The molecule has 0 saturated carbocycles. The van der Waals surface area contributed by atoms with Crippen LogP contribution in [0.25, 0.3) is 0 Å². The van der Waals surface area contributed by atoms with E-state index in [0.29, 0.717) is 11.4 Å².